The van der Waals surface area contributed by atoms with Gasteiger partial charge < -0.3 is 4.90 Å². The molecular weight excluding hydrogens is 326 g/mol. The van der Waals surface area contributed by atoms with E-state index in [-0.39, 0.29) is 5.91 Å². The molecule has 1 aliphatic heterocycles. The van der Waals surface area contributed by atoms with Crippen LogP contribution in [0.3, 0.4) is 0 Å². The molecule has 1 saturated heterocycles. The number of amides is 1. The Bertz CT molecular complexity index is 542. The molecular formula is C18H24BrNO. The molecule has 1 amide bonds. The van der Waals surface area contributed by atoms with Gasteiger partial charge in [-0.15, -0.1) is 0 Å². The number of rotatable bonds is 1. The van der Waals surface area contributed by atoms with E-state index in [4.69, 9.17) is 0 Å². The van der Waals surface area contributed by atoms with E-state index in [0.717, 1.165) is 34.5 Å². The van der Waals surface area contributed by atoms with E-state index in [1.807, 2.05) is 25.1 Å². The molecule has 0 spiro atoms. The van der Waals surface area contributed by atoms with Gasteiger partial charge in [0, 0.05) is 17.1 Å². The van der Waals surface area contributed by atoms with Crippen LogP contribution in [0.15, 0.2) is 22.7 Å². The number of hydrogen-bond acceptors (Lipinski definition) is 1. The molecule has 1 heterocycles. The molecule has 21 heavy (non-hydrogen) atoms. The van der Waals surface area contributed by atoms with Crippen molar-refractivity contribution in [1.82, 2.24) is 4.90 Å². The second-order valence-corrected chi connectivity index (χ2v) is 7.51. The van der Waals surface area contributed by atoms with Crippen LogP contribution in [-0.2, 0) is 0 Å². The molecule has 1 aromatic carbocycles. The molecule has 0 bridgehead atoms. The largest absolute Gasteiger partial charge is 0.335 e. The minimum atomic E-state index is 0.217. The van der Waals surface area contributed by atoms with Crippen LogP contribution in [0.1, 0.15) is 54.9 Å². The standard InChI is InChI=1S/C18H24BrNO/c1-12-10-11-20(16-9-4-3-7-14(12)16)18(21)15-8-5-6-13(2)17(15)19/h5-6,8,12,14,16H,3-4,7,9-11H2,1-2H3. The van der Waals surface area contributed by atoms with Gasteiger partial charge in [0.2, 0.25) is 0 Å². The van der Waals surface area contributed by atoms with E-state index in [1.54, 1.807) is 0 Å². The Hall–Kier alpha value is -0.830. The van der Waals surface area contributed by atoms with Gasteiger partial charge >= 0.3 is 0 Å². The van der Waals surface area contributed by atoms with Crippen LogP contribution in [0.5, 0.6) is 0 Å². The summed E-state index contributed by atoms with van der Waals surface area (Å²) in [4.78, 5) is 15.2. The Morgan fingerprint density at radius 3 is 2.81 bits per heavy atom. The molecule has 2 nitrogen and oxygen atoms in total. The number of hydrogen-bond donors (Lipinski definition) is 0. The second kappa shape index (κ2) is 6.12. The van der Waals surface area contributed by atoms with Gasteiger partial charge in [0.05, 0.1) is 5.56 Å². The van der Waals surface area contributed by atoms with Crippen molar-refractivity contribution in [1.29, 1.82) is 0 Å². The monoisotopic (exact) mass is 349 g/mol. The molecule has 2 fully saturated rings. The van der Waals surface area contributed by atoms with Crippen molar-refractivity contribution in [3.63, 3.8) is 0 Å². The molecule has 0 aromatic heterocycles. The lowest BCUT2D eigenvalue weighted by Crippen LogP contribution is -2.52. The molecule has 1 aromatic rings. The maximum absolute atomic E-state index is 13.0. The Labute approximate surface area is 136 Å². The normalized spacial score (nSPS) is 29.1. The van der Waals surface area contributed by atoms with Crippen molar-refractivity contribution < 1.29 is 4.79 Å². The summed E-state index contributed by atoms with van der Waals surface area (Å²) < 4.78 is 0.959. The number of benzene rings is 1. The molecule has 3 atom stereocenters. The van der Waals surface area contributed by atoms with Gasteiger partial charge in [-0.05, 0) is 65.6 Å². The van der Waals surface area contributed by atoms with Gasteiger partial charge in [-0.2, -0.15) is 0 Å². The van der Waals surface area contributed by atoms with E-state index < -0.39 is 0 Å². The number of nitrogens with zero attached hydrogens (tertiary/aromatic N) is 1. The number of halogens is 1. The van der Waals surface area contributed by atoms with Crippen molar-refractivity contribution in [2.45, 2.75) is 52.0 Å². The maximum Gasteiger partial charge on any atom is 0.255 e. The first-order valence-electron chi connectivity index (χ1n) is 8.15. The zero-order valence-electron chi connectivity index (χ0n) is 12.9. The molecule has 2 aliphatic rings. The van der Waals surface area contributed by atoms with Crippen molar-refractivity contribution in [2.24, 2.45) is 11.8 Å². The summed E-state index contributed by atoms with van der Waals surface area (Å²) in [6.07, 6.45) is 6.24. The van der Waals surface area contributed by atoms with Crippen LogP contribution < -0.4 is 0 Å². The molecule has 3 heteroatoms. The van der Waals surface area contributed by atoms with Gasteiger partial charge in [0.25, 0.3) is 5.91 Å². The fourth-order valence-corrected chi connectivity index (χ4v) is 4.57. The van der Waals surface area contributed by atoms with Gasteiger partial charge in [-0.3, -0.25) is 4.79 Å². The fourth-order valence-electron chi connectivity index (χ4n) is 4.13. The number of aryl methyl sites for hydroxylation is 1. The van der Waals surface area contributed by atoms with E-state index >= 15 is 0 Å². The molecule has 1 saturated carbocycles. The summed E-state index contributed by atoms with van der Waals surface area (Å²) in [7, 11) is 0. The van der Waals surface area contributed by atoms with E-state index in [2.05, 4.69) is 27.8 Å². The van der Waals surface area contributed by atoms with E-state index in [9.17, 15) is 4.79 Å². The average Bonchev–Trinajstić information content (AvgIpc) is 2.50. The first-order chi connectivity index (χ1) is 10.1. The summed E-state index contributed by atoms with van der Waals surface area (Å²) in [5.74, 6) is 1.69. The lowest BCUT2D eigenvalue weighted by atomic mass is 9.72. The average molecular weight is 350 g/mol. The van der Waals surface area contributed by atoms with Crippen LogP contribution in [0, 0.1) is 18.8 Å². The number of fused-ring (bicyclic) bond motifs is 1. The number of carbonyl (C=O) groups excluding carboxylic acids is 1. The third-order valence-corrected chi connectivity index (χ3v) is 6.47. The van der Waals surface area contributed by atoms with Gasteiger partial charge in [-0.25, -0.2) is 0 Å². The molecule has 0 radical (unpaired) electrons. The minimum absolute atomic E-state index is 0.217. The quantitative estimate of drug-likeness (QED) is 0.713. The summed E-state index contributed by atoms with van der Waals surface area (Å²) in [6.45, 7) is 5.33. The predicted octanol–water partition coefficient (Wildman–Crippen LogP) is 4.80. The number of likely N-dealkylation sites (tertiary alicyclic amines) is 1. The highest BCUT2D eigenvalue weighted by Crippen LogP contribution is 2.39. The third kappa shape index (κ3) is 2.77. The first kappa shape index (κ1) is 15.1. The summed E-state index contributed by atoms with van der Waals surface area (Å²) >= 11 is 3.60. The van der Waals surface area contributed by atoms with E-state index in [0.29, 0.717) is 12.0 Å². The zero-order valence-corrected chi connectivity index (χ0v) is 14.5. The van der Waals surface area contributed by atoms with Crippen LogP contribution in [0.2, 0.25) is 0 Å². The lowest BCUT2D eigenvalue weighted by Gasteiger charge is -2.47. The van der Waals surface area contributed by atoms with Crippen molar-refractivity contribution >= 4 is 21.8 Å². The molecule has 0 N–H and O–H groups in total. The SMILES string of the molecule is Cc1cccc(C(=O)N2CCC(C)C3CCCCC32)c1Br. The van der Waals surface area contributed by atoms with Crippen molar-refractivity contribution in [3.05, 3.63) is 33.8 Å². The Balaban J connectivity index is 1.88. The van der Waals surface area contributed by atoms with Crippen LogP contribution in [0.25, 0.3) is 0 Å². The highest BCUT2D eigenvalue weighted by molar-refractivity contribution is 9.10. The minimum Gasteiger partial charge on any atom is -0.335 e. The smallest absolute Gasteiger partial charge is 0.255 e. The van der Waals surface area contributed by atoms with Crippen molar-refractivity contribution in [3.8, 4) is 0 Å². The Kier molecular flexibility index (Phi) is 4.39. The highest BCUT2D eigenvalue weighted by atomic mass is 79.9. The van der Waals surface area contributed by atoms with Crippen LogP contribution in [-0.4, -0.2) is 23.4 Å². The lowest BCUT2D eigenvalue weighted by molar-refractivity contribution is 0.0217. The summed E-state index contributed by atoms with van der Waals surface area (Å²) in [5.41, 5.74) is 1.96. The van der Waals surface area contributed by atoms with Gasteiger partial charge in [0.1, 0.15) is 0 Å². The third-order valence-electron chi connectivity index (χ3n) is 5.42. The van der Waals surface area contributed by atoms with Crippen molar-refractivity contribution in [2.75, 3.05) is 6.54 Å². The Morgan fingerprint density at radius 2 is 2.00 bits per heavy atom. The van der Waals surface area contributed by atoms with Gasteiger partial charge in [0.15, 0.2) is 0 Å². The highest BCUT2D eigenvalue weighted by Gasteiger charge is 2.39. The van der Waals surface area contributed by atoms with Gasteiger partial charge in [-0.1, -0.05) is 31.9 Å². The van der Waals surface area contributed by atoms with E-state index in [1.165, 1.54) is 25.7 Å². The summed E-state index contributed by atoms with van der Waals surface area (Å²) in [6, 6.07) is 6.44. The molecule has 114 valence electrons. The Morgan fingerprint density at radius 1 is 1.24 bits per heavy atom. The first-order valence-corrected chi connectivity index (χ1v) is 8.95. The molecule has 3 unspecified atom stereocenters. The molecule has 1 aliphatic carbocycles. The number of carbonyl (C=O) groups is 1. The maximum atomic E-state index is 13.0. The fraction of sp³-hybridized carbons (Fsp3) is 0.611. The summed E-state index contributed by atoms with van der Waals surface area (Å²) in [5, 5.41) is 0. The van der Waals surface area contributed by atoms with Crippen LogP contribution >= 0.6 is 15.9 Å². The topological polar surface area (TPSA) is 20.3 Å². The molecule has 3 rings (SSSR count). The number of piperidine rings is 1. The second-order valence-electron chi connectivity index (χ2n) is 6.72. The zero-order chi connectivity index (χ0) is 15.0. The predicted molar refractivity (Wildman–Crippen MR) is 89.4 cm³/mol. The van der Waals surface area contributed by atoms with Crippen LogP contribution in [0.4, 0.5) is 0 Å².